The molecule has 0 fully saturated rings. The monoisotopic (exact) mass is 268 g/mol. The maximum Gasteiger partial charge on any atom is 0.269 e. The fraction of sp³-hybridized carbons (Fsp3) is 0.250. The normalized spacial score (nSPS) is 14.8. The van der Waals surface area contributed by atoms with Gasteiger partial charge in [-0.25, -0.2) is 0 Å². The standard InChI is InChI=1S/C16H16N2O2/c19-18(20)16-7-5-13(6-8-16)11-17-10-9-14-3-1-2-4-15(14)12-17/h1-8H,9-12H2. The molecule has 0 atom stereocenters. The number of benzene rings is 2. The van der Waals surface area contributed by atoms with Gasteiger partial charge in [-0.05, 0) is 23.1 Å². The number of non-ortho nitro benzene ring substituents is 1. The van der Waals surface area contributed by atoms with Gasteiger partial charge in [0, 0.05) is 31.8 Å². The number of rotatable bonds is 3. The Labute approximate surface area is 117 Å². The first-order valence-electron chi connectivity index (χ1n) is 6.75. The van der Waals surface area contributed by atoms with Crippen molar-refractivity contribution in [1.82, 2.24) is 4.90 Å². The first kappa shape index (κ1) is 12.8. The van der Waals surface area contributed by atoms with Crippen LogP contribution in [0.25, 0.3) is 0 Å². The van der Waals surface area contributed by atoms with Gasteiger partial charge in [0.25, 0.3) is 5.69 Å². The van der Waals surface area contributed by atoms with Crippen LogP contribution in [-0.2, 0) is 19.5 Å². The molecule has 0 N–H and O–H groups in total. The third kappa shape index (κ3) is 2.70. The fourth-order valence-corrected chi connectivity index (χ4v) is 2.67. The highest BCUT2D eigenvalue weighted by Gasteiger charge is 2.16. The first-order chi connectivity index (χ1) is 9.72. The number of hydrogen-bond acceptors (Lipinski definition) is 3. The molecule has 20 heavy (non-hydrogen) atoms. The van der Waals surface area contributed by atoms with Crippen molar-refractivity contribution in [3.63, 3.8) is 0 Å². The van der Waals surface area contributed by atoms with Crippen molar-refractivity contribution < 1.29 is 4.92 Å². The van der Waals surface area contributed by atoms with E-state index in [4.69, 9.17) is 0 Å². The molecular formula is C16H16N2O2. The summed E-state index contributed by atoms with van der Waals surface area (Å²) >= 11 is 0. The van der Waals surface area contributed by atoms with Gasteiger partial charge >= 0.3 is 0 Å². The number of nitro groups is 1. The molecule has 0 radical (unpaired) electrons. The summed E-state index contributed by atoms with van der Waals surface area (Å²) in [6, 6.07) is 15.4. The molecule has 4 heteroatoms. The average Bonchev–Trinajstić information content (AvgIpc) is 2.48. The number of nitro benzene ring substituents is 1. The number of hydrogen-bond donors (Lipinski definition) is 0. The second kappa shape index (κ2) is 5.43. The number of nitrogens with zero attached hydrogens (tertiary/aromatic N) is 2. The summed E-state index contributed by atoms with van der Waals surface area (Å²) in [4.78, 5) is 12.7. The summed E-state index contributed by atoms with van der Waals surface area (Å²) in [7, 11) is 0. The highest BCUT2D eigenvalue weighted by Crippen LogP contribution is 2.21. The van der Waals surface area contributed by atoms with Gasteiger partial charge in [0.15, 0.2) is 0 Å². The minimum atomic E-state index is -0.360. The van der Waals surface area contributed by atoms with Gasteiger partial charge in [0.1, 0.15) is 0 Å². The quantitative estimate of drug-likeness (QED) is 0.634. The molecule has 2 aromatic carbocycles. The summed E-state index contributed by atoms with van der Waals surface area (Å²) in [5.74, 6) is 0. The van der Waals surface area contributed by atoms with Crippen molar-refractivity contribution in [2.45, 2.75) is 19.5 Å². The van der Waals surface area contributed by atoms with Crippen LogP contribution in [0.5, 0.6) is 0 Å². The third-order valence-electron chi connectivity index (χ3n) is 3.76. The second-order valence-corrected chi connectivity index (χ2v) is 5.15. The Bertz CT molecular complexity index is 623. The lowest BCUT2D eigenvalue weighted by Gasteiger charge is -2.28. The van der Waals surface area contributed by atoms with E-state index < -0.39 is 0 Å². The van der Waals surface area contributed by atoms with Crippen LogP contribution in [-0.4, -0.2) is 16.4 Å². The average molecular weight is 268 g/mol. The first-order valence-corrected chi connectivity index (χ1v) is 6.75. The van der Waals surface area contributed by atoms with Crippen LogP contribution in [0.3, 0.4) is 0 Å². The lowest BCUT2D eigenvalue weighted by Crippen LogP contribution is -2.29. The van der Waals surface area contributed by atoms with Gasteiger partial charge in [0.05, 0.1) is 4.92 Å². The van der Waals surface area contributed by atoms with Gasteiger partial charge in [-0.15, -0.1) is 0 Å². The third-order valence-corrected chi connectivity index (χ3v) is 3.76. The summed E-state index contributed by atoms with van der Waals surface area (Å²) in [6.45, 7) is 2.83. The van der Waals surface area contributed by atoms with Crippen molar-refractivity contribution in [2.75, 3.05) is 6.54 Å². The highest BCUT2D eigenvalue weighted by molar-refractivity contribution is 5.33. The summed E-state index contributed by atoms with van der Waals surface area (Å²) in [5, 5.41) is 10.6. The maximum atomic E-state index is 10.6. The molecule has 0 aliphatic carbocycles. The molecule has 3 rings (SSSR count). The Morgan fingerprint density at radius 2 is 1.75 bits per heavy atom. The molecule has 1 heterocycles. The van der Waals surface area contributed by atoms with E-state index >= 15 is 0 Å². The Morgan fingerprint density at radius 3 is 2.45 bits per heavy atom. The Balaban J connectivity index is 1.69. The molecule has 0 bridgehead atoms. The predicted octanol–water partition coefficient (Wildman–Crippen LogP) is 3.15. The molecule has 1 aliphatic heterocycles. The van der Waals surface area contributed by atoms with Crippen LogP contribution in [0.2, 0.25) is 0 Å². The Hall–Kier alpha value is -2.20. The van der Waals surface area contributed by atoms with Crippen LogP contribution in [0.1, 0.15) is 16.7 Å². The smallest absolute Gasteiger partial charge is 0.269 e. The van der Waals surface area contributed by atoms with E-state index in [1.807, 2.05) is 12.1 Å². The van der Waals surface area contributed by atoms with Gasteiger partial charge in [-0.3, -0.25) is 15.0 Å². The lowest BCUT2D eigenvalue weighted by molar-refractivity contribution is -0.384. The van der Waals surface area contributed by atoms with Crippen molar-refractivity contribution in [2.24, 2.45) is 0 Å². The zero-order valence-corrected chi connectivity index (χ0v) is 11.2. The van der Waals surface area contributed by atoms with E-state index in [0.29, 0.717) is 0 Å². The highest BCUT2D eigenvalue weighted by atomic mass is 16.6. The second-order valence-electron chi connectivity index (χ2n) is 5.15. The molecule has 1 aliphatic rings. The minimum absolute atomic E-state index is 0.151. The molecule has 2 aromatic rings. The van der Waals surface area contributed by atoms with E-state index in [0.717, 1.165) is 31.6 Å². The van der Waals surface area contributed by atoms with Gasteiger partial charge in [0.2, 0.25) is 0 Å². The van der Waals surface area contributed by atoms with Crippen LogP contribution in [0.4, 0.5) is 5.69 Å². The van der Waals surface area contributed by atoms with Gasteiger partial charge in [-0.2, -0.15) is 0 Å². The summed E-state index contributed by atoms with van der Waals surface area (Å²) in [6.07, 6.45) is 1.07. The Kier molecular flexibility index (Phi) is 3.48. The predicted molar refractivity (Wildman–Crippen MR) is 77.4 cm³/mol. The minimum Gasteiger partial charge on any atom is -0.294 e. The fourth-order valence-electron chi connectivity index (χ4n) is 2.67. The van der Waals surface area contributed by atoms with Crippen molar-refractivity contribution in [3.8, 4) is 0 Å². The van der Waals surface area contributed by atoms with E-state index in [-0.39, 0.29) is 10.6 Å². The summed E-state index contributed by atoms with van der Waals surface area (Å²) in [5.41, 5.74) is 4.10. The van der Waals surface area contributed by atoms with E-state index in [1.165, 1.54) is 11.1 Å². The van der Waals surface area contributed by atoms with Crippen LogP contribution in [0, 0.1) is 10.1 Å². The van der Waals surface area contributed by atoms with Crippen LogP contribution in [0.15, 0.2) is 48.5 Å². The van der Waals surface area contributed by atoms with Crippen molar-refractivity contribution in [3.05, 3.63) is 75.3 Å². The lowest BCUT2D eigenvalue weighted by atomic mass is 9.99. The van der Waals surface area contributed by atoms with Crippen molar-refractivity contribution in [1.29, 1.82) is 0 Å². The Morgan fingerprint density at radius 1 is 1.05 bits per heavy atom. The molecule has 0 saturated heterocycles. The largest absolute Gasteiger partial charge is 0.294 e. The zero-order valence-electron chi connectivity index (χ0n) is 11.2. The van der Waals surface area contributed by atoms with E-state index in [2.05, 4.69) is 29.2 Å². The molecule has 0 aromatic heterocycles. The van der Waals surface area contributed by atoms with Crippen LogP contribution < -0.4 is 0 Å². The van der Waals surface area contributed by atoms with Gasteiger partial charge < -0.3 is 0 Å². The molecule has 102 valence electrons. The molecule has 0 saturated carbocycles. The van der Waals surface area contributed by atoms with Gasteiger partial charge in [-0.1, -0.05) is 36.4 Å². The van der Waals surface area contributed by atoms with E-state index in [9.17, 15) is 10.1 Å². The molecule has 4 nitrogen and oxygen atoms in total. The molecule has 0 spiro atoms. The molecule has 0 amide bonds. The van der Waals surface area contributed by atoms with Crippen molar-refractivity contribution >= 4 is 5.69 Å². The zero-order chi connectivity index (χ0) is 13.9. The molecular weight excluding hydrogens is 252 g/mol. The molecule has 0 unspecified atom stereocenters. The van der Waals surface area contributed by atoms with Crippen LogP contribution >= 0.6 is 0 Å². The maximum absolute atomic E-state index is 10.6. The SMILES string of the molecule is O=[N+]([O-])c1ccc(CN2CCc3ccccc3C2)cc1. The summed E-state index contributed by atoms with van der Waals surface area (Å²) < 4.78 is 0. The number of fused-ring (bicyclic) bond motifs is 1. The van der Waals surface area contributed by atoms with E-state index in [1.54, 1.807) is 12.1 Å². The topological polar surface area (TPSA) is 46.4 Å².